The average molecular weight is 465 g/mol. The Labute approximate surface area is 185 Å². The third kappa shape index (κ3) is 4.33. The molecule has 0 saturated heterocycles. The molecule has 0 saturated carbocycles. The van der Waals surface area contributed by atoms with Gasteiger partial charge in [-0.25, -0.2) is 0 Å². The van der Waals surface area contributed by atoms with Gasteiger partial charge in [-0.3, -0.25) is 4.57 Å². The normalized spacial score (nSPS) is 11.8. The Balaban J connectivity index is 1.82. The second-order valence-corrected chi connectivity index (χ2v) is 8.11. The van der Waals surface area contributed by atoms with E-state index in [1.165, 1.54) is 17.8 Å². The van der Waals surface area contributed by atoms with E-state index in [2.05, 4.69) is 15.4 Å². The quantitative estimate of drug-likeness (QED) is 0.315. The van der Waals surface area contributed by atoms with Gasteiger partial charge in [0.25, 0.3) is 0 Å². The first-order valence-corrected chi connectivity index (χ1v) is 10.5. The van der Waals surface area contributed by atoms with Crippen LogP contribution in [0.25, 0.3) is 17.1 Å². The van der Waals surface area contributed by atoms with Crippen LogP contribution in [0.2, 0.25) is 5.02 Å². The summed E-state index contributed by atoms with van der Waals surface area (Å²) in [5.41, 5.74) is 1.75. The van der Waals surface area contributed by atoms with Gasteiger partial charge < -0.3 is 4.52 Å². The number of aromatic nitrogens is 4. The number of aryl methyl sites for hydroxylation is 2. The minimum absolute atomic E-state index is 0.288. The molecule has 0 radical (unpaired) electrons. The molecule has 5 nitrogen and oxygen atoms in total. The fraction of sp³-hybridized carbons (Fsp3) is 0.190. The van der Waals surface area contributed by atoms with Crippen LogP contribution in [0, 0.1) is 13.8 Å². The van der Waals surface area contributed by atoms with Gasteiger partial charge in [0.15, 0.2) is 11.0 Å². The molecule has 0 aliphatic rings. The largest absolute Gasteiger partial charge is 0.416 e. The Bertz CT molecular complexity index is 1220. The lowest BCUT2D eigenvalue weighted by Gasteiger charge is -2.13. The van der Waals surface area contributed by atoms with Gasteiger partial charge in [-0.15, -0.1) is 10.2 Å². The van der Waals surface area contributed by atoms with Crippen LogP contribution in [0.15, 0.2) is 58.2 Å². The standard InChI is InChI=1S/C21H16ClF3N4OS/c1-12-17(13(2)30-28-12)11-31-20-27-26-19(16-8-3-4-9-18(16)22)29(20)15-7-5-6-14(10-15)21(23,24)25/h3-10H,11H2,1-2H3. The van der Waals surface area contributed by atoms with Crippen LogP contribution >= 0.6 is 23.4 Å². The SMILES string of the molecule is Cc1noc(C)c1CSc1nnc(-c2ccccc2Cl)n1-c1cccc(C(F)(F)F)c1. The van der Waals surface area contributed by atoms with E-state index in [0.29, 0.717) is 33.1 Å². The number of nitrogens with zero attached hydrogens (tertiary/aromatic N) is 4. The van der Waals surface area contributed by atoms with E-state index in [4.69, 9.17) is 16.1 Å². The topological polar surface area (TPSA) is 56.7 Å². The lowest BCUT2D eigenvalue weighted by atomic mass is 10.1. The molecule has 0 atom stereocenters. The van der Waals surface area contributed by atoms with Crippen molar-refractivity contribution in [3.63, 3.8) is 0 Å². The first-order valence-electron chi connectivity index (χ1n) is 9.18. The summed E-state index contributed by atoms with van der Waals surface area (Å²) < 4.78 is 46.8. The number of hydrogen-bond acceptors (Lipinski definition) is 5. The van der Waals surface area contributed by atoms with E-state index in [-0.39, 0.29) is 5.69 Å². The zero-order valence-electron chi connectivity index (χ0n) is 16.4. The monoisotopic (exact) mass is 464 g/mol. The average Bonchev–Trinajstić information content (AvgIpc) is 3.29. The molecule has 2 heterocycles. The second-order valence-electron chi connectivity index (χ2n) is 6.76. The fourth-order valence-corrected chi connectivity index (χ4v) is 4.40. The molecule has 4 aromatic rings. The molecule has 0 spiro atoms. The third-order valence-electron chi connectivity index (χ3n) is 4.71. The maximum Gasteiger partial charge on any atom is 0.416 e. The Morgan fingerprint density at radius 2 is 1.84 bits per heavy atom. The Morgan fingerprint density at radius 3 is 2.52 bits per heavy atom. The first-order chi connectivity index (χ1) is 14.8. The predicted molar refractivity (Wildman–Crippen MR) is 112 cm³/mol. The highest BCUT2D eigenvalue weighted by atomic mass is 35.5. The van der Waals surface area contributed by atoms with Crippen molar-refractivity contribution in [2.75, 3.05) is 0 Å². The Morgan fingerprint density at radius 1 is 1.06 bits per heavy atom. The minimum atomic E-state index is -4.47. The summed E-state index contributed by atoms with van der Waals surface area (Å²) in [6.45, 7) is 3.64. The summed E-state index contributed by atoms with van der Waals surface area (Å²) >= 11 is 7.67. The summed E-state index contributed by atoms with van der Waals surface area (Å²) in [6.07, 6.45) is -4.47. The van der Waals surface area contributed by atoms with E-state index in [1.807, 2.05) is 13.8 Å². The predicted octanol–water partition coefficient (Wildman–Crippen LogP) is 6.50. The van der Waals surface area contributed by atoms with Gasteiger partial charge in [-0.2, -0.15) is 13.2 Å². The van der Waals surface area contributed by atoms with Crippen molar-refractivity contribution in [1.82, 2.24) is 19.9 Å². The molecule has 160 valence electrons. The lowest BCUT2D eigenvalue weighted by molar-refractivity contribution is -0.137. The molecule has 31 heavy (non-hydrogen) atoms. The van der Waals surface area contributed by atoms with Crippen LogP contribution in [-0.2, 0) is 11.9 Å². The molecular weight excluding hydrogens is 449 g/mol. The van der Waals surface area contributed by atoms with Crippen LogP contribution < -0.4 is 0 Å². The van der Waals surface area contributed by atoms with Crippen LogP contribution in [0.1, 0.15) is 22.6 Å². The number of rotatable bonds is 5. The van der Waals surface area contributed by atoms with Gasteiger partial charge in [-0.05, 0) is 44.2 Å². The summed E-state index contributed by atoms with van der Waals surface area (Å²) in [5.74, 6) is 1.51. The minimum Gasteiger partial charge on any atom is -0.361 e. The highest BCUT2D eigenvalue weighted by Crippen LogP contribution is 2.36. The van der Waals surface area contributed by atoms with Crippen molar-refractivity contribution >= 4 is 23.4 Å². The van der Waals surface area contributed by atoms with Gasteiger partial charge in [0.05, 0.1) is 22.0 Å². The molecule has 4 rings (SSSR count). The maximum absolute atomic E-state index is 13.3. The van der Waals surface area contributed by atoms with Crippen LogP contribution in [-0.4, -0.2) is 19.9 Å². The van der Waals surface area contributed by atoms with Crippen molar-refractivity contribution in [2.24, 2.45) is 0 Å². The van der Waals surface area contributed by atoms with Crippen LogP contribution in [0.5, 0.6) is 0 Å². The maximum atomic E-state index is 13.3. The lowest BCUT2D eigenvalue weighted by Crippen LogP contribution is -2.07. The van der Waals surface area contributed by atoms with Crippen molar-refractivity contribution < 1.29 is 17.7 Å². The highest BCUT2D eigenvalue weighted by molar-refractivity contribution is 7.98. The Hall–Kier alpha value is -2.78. The van der Waals surface area contributed by atoms with Gasteiger partial charge in [0, 0.05) is 16.9 Å². The van der Waals surface area contributed by atoms with Gasteiger partial charge >= 0.3 is 6.18 Å². The van der Waals surface area contributed by atoms with Crippen LogP contribution in [0.3, 0.4) is 0 Å². The summed E-state index contributed by atoms with van der Waals surface area (Å²) in [5, 5.41) is 13.3. The first kappa shape index (κ1) is 21.5. The molecule has 10 heteroatoms. The molecular formula is C21H16ClF3N4OS. The van der Waals surface area contributed by atoms with Gasteiger partial charge in [0.1, 0.15) is 5.76 Å². The molecule has 0 amide bonds. The smallest absolute Gasteiger partial charge is 0.361 e. The zero-order chi connectivity index (χ0) is 22.2. The molecule has 0 bridgehead atoms. The second kappa shape index (κ2) is 8.39. The van der Waals surface area contributed by atoms with Gasteiger partial charge in [0.2, 0.25) is 0 Å². The van der Waals surface area contributed by atoms with E-state index in [9.17, 15) is 13.2 Å². The van der Waals surface area contributed by atoms with Gasteiger partial charge in [-0.1, -0.05) is 46.7 Å². The van der Waals surface area contributed by atoms with E-state index < -0.39 is 11.7 Å². The fourth-order valence-electron chi connectivity index (χ4n) is 3.08. The molecule has 0 aliphatic carbocycles. The Kier molecular flexibility index (Phi) is 5.81. The number of alkyl halides is 3. The molecule has 0 fully saturated rings. The summed E-state index contributed by atoms with van der Waals surface area (Å²) in [6, 6.07) is 12.0. The van der Waals surface area contributed by atoms with E-state index in [1.54, 1.807) is 34.9 Å². The van der Waals surface area contributed by atoms with Crippen molar-refractivity contribution in [3.05, 3.63) is 76.1 Å². The number of benzene rings is 2. The molecule has 2 aromatic carbocycles. The molecule has 0 unspecified atom stereocenters. The van der Waals surface area contributed by atoms with Crippen molar-refractivity contribution in [1.29, 1.82) is 0 Å². The summed E-state index contributed by atoms with van der Waals surface area (Å²) in [7, 11) is 0. The van der Waals surface area contributed by atoms with Crippen molar-refractivity contribution in [3.8, 4) is 17.1 Å². The van der Waals surface area contributed by atoms with E-state index >= 15 is 0 Å². The zero-order valence-corrected chi connectivity index (χ0v) is 18.0. The molecule has 2 aromatic heterocycles. The summed E-state index contributed by atoms with van der Waals surface area (Å²) in [4.78, 5) is 0. The number of thioether (sulfide) groups is 1. The molecule has 0 N–H and O–H groups in total. The van der Waals surface area contributed by atoms with Crippen LogP contribution in [0.4, 0.5) is 13.2 Å². The number of hydrogen-bond donors (Lipinski definition) is 0. The van der Waals surface area contributed by atoms with E-state index in [0.717, 1.165) is 23.4 Å². The third-order valence-corrected chi connectivity index (χ3v) is 5.99. The highest BCUT2D eigenvalue weighted by Gasteiger charge is 2.31. The van der Waals surface area contributed by atoms with Crippen molar-refractivity contribution in [2.45, 2.75) is 30.9 Å². The number of halogens is 4. The molecule has 0 aliphatic heterocycles.